The molecule has 6 heteroatoms. The van der Waals surface area contributed by atoms with Crippen molar-refractivity contribution in [1.82, 2.24) is 0 Å². The van der Waals surface area contributed by atoms with Gasteiger partial charge in [0.1, 0.15) is 0 Å². The maximum atomic E-state index is 12.3. The molecular formula is C14H13NO4S. The van der Waals surface area contributed by atoms with Gasteiger partial charge in [-0.25, -0.2) is 9.69 Å². The standard InChI is InChI=1S/C14H13NO4S/c1-3-20-7-11-10-6-9(14(18)19)4-5-12(10)15(8(2)16)13(11)17/h4-7H,3H2,1-2H3,(H,18,19). The number of benzene rings is 1. The summed E-state index contributed by atoms with van der Waals surface area (Å²) in [7, 11) is 0. The lowest BCUT2D eigenvalue weighted by Crippen LogP contribution is -2.31. The minimum atomic E-state index is -1.07. The Labute approximate surface area is 120 Å². The first-order chi connectivity index (χ1) is 9.47. The fourth-order valence-corrected chi connectivity index (χ4v) is 2.58. The SMILES string of the molecule is CCSC=C1C(=O)N(C(C)=O)c2ccc(C(=O)O)cc21. The summed E-state index contributed by atoms with van der Waals surface area (Å²) >= 11 is 1.43. The van der Waals surface area contributed by atoms with Crippen LogP contribution in [0.4, 0.5) is 5.69 Å². The minimum Gasteiger partial charge on any atom is -0.478 e. The molecule has 1 aromatic carbocycles. The van der Waals surface area contributed by atoms with E-state index in [0.717, 1.165) is 10.7 Å². The van der Waals surface area contributed by atoms with E-state index in [1.165, 1.54) is 36.9 Å². The number of nitrogens with zero attached hydrogens (tertiary/aromatic N) is 1. The highest BCUT2D eigenvalue weighted by molar-refractivity contribution is 8.02. The molecule has 0 aromatic heterocycles. The molecule has 2 rings (SSSR count). The molecule has 0 saturated heterocycles. The Kier molecular flexibility index (Phi) is 3.94. The van der Waals surface area contributed by atoms with E-state index >= 15 is 0 Å². The van der Waals surface area contributed by atoms with E-state index in [1.807, 2.05) is 6.92 Å². The van der Waals surface area contributed by atoms with E-state index in [0.29, 0.717) is 16.8 Å². The highest BCUT2D eigenvalue weighted by atomic mass is 32.2. The van der Waals surface area contributed by atoms with Crippen molar-refractivity contribution < 1.29 is 19.5 Å². The van der Waals surface area contributed by atoms with Crippen LogP contribution in [-0.2, 0) is 9.59 Å². The number of carbonyl (C=O) groups is 3. The molecule has 0 atom stereocenters. The number of anilines is 1. The monoisotopic (exact) mass is 291 g/mol. The predicted octanol–water partition coefficient (Wildman–Crippen LogP) is 2.37. The highest BCUT2D eigenvalue weighted by Crippen LogP contribution is 2.38. The van der Waals surface area contributed by atoms with Crippen LogP contribution < -0.4 is 4.90 Å². The Morgan fingerprint density at radius 1 is 1.40 bits per heavy atom. The van der Waals surface area contributed by atoms with Crippen LogP contribution in [0.5, 0.6) is 0 Å². The molecule has 0 radical (unpaired) electrons. The van der Waals surface area contributed by atoms with Crippen LogP contribution in [0.25, 0.3) is 5.57 Å². The number of carboxylic acids is 1. The van der Waals surface area contributed by atoms with Crippen molar-refractivity contribution in [3.05, 3.63) is 34.7 Å². The Hall–Kier alpha value is -2.08. The van der Waals surface area contributed by atoms with Crippen LogP contribution >= 0.6 is 11.8 Å². The van der Waals surface area contributed by atoms with E-state index in [2.05, 4.69) is 0 Å². The molecule has 0 aliphatic carbocycles. The smallest absolute Gasteiger partial charge is 0.335 e. The maximum absolute atomic E-state index is 12.3. The fourth-order valence-electron chi connectivity index (χ4n) is 2.02. The zero-order chi connectivity index (χ0) is 14.9. The second kappa shape index (κ2) is 5.50. The zero-order valence-electron chi connectivity index (χ0n) is 11.0. The lowest BCUT2D eigenvalue weighted by molar-refractivity contribution is -0.122. The van der Waals surface area contributed by atoms with Gasteiger partial charge in [-0.05, 0) is 29.4 Å². The number of carbonyl (C=O) groups excluding carboxylic acids is 2. The Morgan fingerprint density at radius 3 is 2.65 bits per heavy atom. The van der Waals surface area contributed by atoms with Crippen molar-refractivity contribution in [3.8, 4) is 0 Å². The van der Waals surface area contributed by atoms with Gasteiger partial charge in [-0.3, -0.25) is 9.59 Å². The van der Waals surface area contributed by atoms with Gasteiger partial charge in [0, 0.05) is 12.5 Å². The average Bonchev–Trinajstić information content (AvgIpc) is 2.67. The number of hydrogen-bond donors (Lipinski definition) is 1. The van der Waals surface area contributed by atoms with E-state index in [4.69, 9.17) is 5.11 Å². The van der Waals surface area contributed by atoms with Crippen LogP contribution in [0, 0.1) is 0 Å². The van der Waals surface area contributed by atoms with E-state index in [9.17, 15) is 14.4 Å². The van der Waals surface area contributed by atoms with Crippen LogP contribution in [0.3, 0.4) is 0 Å². The van der Waals surface area contributed by atoms with Gasteiger partial charge in [-0.15, -0.1) is 11.8 Å². The van der Waals surface area contributed by atoms with Crippen molar-refractivity contribution in [3.63, 3.8) is 0 Å². The molecule has 0 fully saturated rings. The normalized spacial score (nSPS) is 15.6. The fraction of sp³-hybridized carbons (Fsp3) is 0.214. The van der Waals surface area contributed by atoms with Crippen molar-refractivity contribution >= 4 is 40.8 Å². The number of rotatable bonds is 3. The van der Waals surface area contributed by atoms with Gasteiger partial charge in [0.05, 0.1) is 16.8 Å². The first-order valence-corrected chi connectivity index (χ1v) is 7.06. The molecule has 0 bridgehead atoms. The minimum absolute atomic E-state index is 0.0920. The number of aromatic carboxylic acids is 1. The molecule has 20 heavy (non-hydrogen) atoms. The summed E-state index contributed by atoms with van der Waals surface area (Å²) in [5.74, 6) is -1.07. The van der Waals surface area contributed by atoms with E-state index < -0.39 is 11.9 Å². The summed E-state index contributed by atoms with van der Waals surface area (Å²) in [6.07, 6.45) is 0. The lowest BCUT2D eigenvalue weighted by Gasteiger charge is -2.11. The van der Waals surface area contributed by atoms with Crippen LogP contribution in [0.15, 0.2) is 23.6 Å². The molecule has 0 spiro atoms. The number of thioether (sulfide) groups is 1. The molecule has 1 aliphatic heterocycles. The molecule has 2 amide bonds. The van der Waals surface area contributed by atoms with Crippen molar-refractivity contribution in [2.75, 3.05) is 10.7 Å². The molecular weight excluding hydrogens is 278 g/mol. The number of amides is 2. The third-order valence-electron chi connectivity index (χ3n) is 2.89. The van der Waals surface area contributed by atoms with Crippen LogP contribution in [0.1, 0.15) is 29.8 Å². The van der Waals surface area contributed by atoms with Crippen molar-refractivity contribution in [1.29, 1.82) is 0 Å². The summed E-state index contributed by atoms with van der Waals surface area (Å²) in [5, 5.41) is 10.7. The molecule has 1 aromatic rings. The average molecular weight is 291 g/mol. The van der Waals surface area contributed by atoms with Gasteiger partial charge in [0.15, 0.2) is 0 Å². The van der Waals surface area contributed by atoms with E-state index in [1.54, 1.807) is 5.41 Å². The van der Waals surface area contributed by atoms with E-state index in [-0.39, 0.29) is 11.5 Å². The van der Waals surface area contributed by atoms with Gasteiger partial charge in [0.25, 0.3) is 5.91 Å². The number of imide groups is 1. The number of fused-ring (bicyclic) bond motifs is 1. The lowest BCUT2D eigenvalue weighted by atomic mass is 10.1. The topological polar surface area (TPSA) is 74.7 Å². The van der Waals surface area contributed by atoms with Crippen LogP contribution in [0.2, 0.25) is 0 Å². The number of hydrogen-bond acceptors (Lipinski definition) is 4. The zero-order valence-corrected chi connectivity index (χ0v) is 11.9. The molecule has 0 saturated carbocycles. The quantitative estimate of drug-likeness (QED) is 0.865. The largest absolute Gasteiger partial charge is 0.478 e. The van der Waals surface area contributed by atoms with Gasteiger partial charge in [-0.1, -0.05) is 6.92 Å². The van der Waals surface area contributed by atoms with Crippen molar-refractivity contribution in [2.45, 2.75) is 13.8 Å². The third-order valence-corrected chi connectivity index (χ3v) is 3.63. The summed E-state index contributed by atoms with van der Waals surface area (Å²) < 4.78 is 0. The third kappa shape index (κ3) is 2.34. The molecule has 1 N–H and O–H groups in total. The first-order valence-electron chi connectivity index (χ1n) is 6.01. The summed E-state index contributed by atoms with van der Waals surface area (Å²) in [4.78, 5) is 36.0. The summed E-state index contributed by atoms with van der Waals surface area (Å²) in [5.41, 5.74) is 1.39. The Bertz CT molecular complexity index is 636. The number of carboxylic acid groups (broad SMARTS) is 1. The van der Waals surface area contributed by atoms with Crippen LogP contribution in [-0.4, -0.2) is 28.6 Å². The maximum Gasteiger partial charge on any atom is 0.335 e. The molecule has 1 heterocycles. The van der Waals surface area contributed by atoms with Gasteiger partial charge in [-0.2, -0.15) is 0 Å². The second-order valence-electron chi connectivity index (χ2n) is 4.18. The van der Waals surface area contributed by atoms with Gasteiger partial charge < -0.3 is 5.11 Å². The Morgan fingerprint density at radius 2 is 2.10 bits per heavy atom. The molecule has 0 unspecified atom stereocenters. The molecule has 1 aliphatic rings. The Balaban J connectivity index is 2.61. The van der Waals surface area contributed by atoms with Gasteiger partial charge in [0.2, 0.25) is 5.91 Å². The molecule has 5 nitrogen and oxygen atoms in total. The second-order valence-corrected chi connectivity index (χ2v) is 5.33. The summed E-state index contributed by atoms with van der Waals surface area (Å²) in [6, 6.07) is 4.32. The van der Waals surface area contributed by atoms with Crippen molar-refractivity contribution in [2.24, 2.45) is 0 Å². The first kappa shape index (κ1) is 14.3. The summed E-state index contributed by atoms with van der Waals surface area (Å²) in [6.45, 7) is 3.25. The predicted molar refractivity (Wildman–Crippen MR) is 77.7 cm³/mol. The van der Waals surface area contributed by atoms with Gasteiger partial charge >= 0.3 is 5.97 Å². The highest BCUT2D eigenvalue weighted by Gasteiger charge is 2.35. The molecule has 104 valence electrons.